The number of hydrogen-bond donors (Lipinski definition) is 2. The Kier molecular flexibility index (Phi) is 2.91. The molecule has 0 aromatic carbocycles. The molecule has 82 valence electrons. The lowest BCUT2D eigenvalue weighted by Crippen LogP contribution is -2.28. The normalized spacial score (nSPS) is 17.9. The van der Waals surface area contributed by atoms with Crippen molar-refractivity contribution in [3.63, 3.8) is 0 Å². The topological polar surface area (TPSA) is 92.9 Å². The van der Waals surface area contributed by atoms with Crippen LogP contribution < -0.4 is 5.32 Å². The highest BCUT2D eigenvalue weighted by molar-refractivity contribution is 5.66. The first kappa shape index (κ1) is 10.0. The maximum absolute atomic E-state index is 10.6. The summed E-state index contributed by atoms with van der Waals surface area (Å²) in [4.78, 5) is 10.6. The van der Waals surface area contributed by atoms with Crippen molar-refractivity contribution in [2.45, 2.75) is 25.3 Å². The minimum atomic E-state index is -0.919. The lowest BCUT2D eigenvalue weighted by atomic mass is 9.97. The van der Waals surface area contributed by atoms with E-state index in [0.717, 1.165) is 25.9 Å². The predicted octanol–water partition coefficient (Wildman–Crippen LogP) is -0.775. The van der Waals surface area contributed by atoms with Crippen LogP contribution >= 0.6 is 0 Å². The second-order valence-corrected chi connectivity index (χ2v) is 3.61. The average Bonchev–Trinajstić information content (AvgIpc) is 2.66. The summed E-state index contributed by atoms with van der Waals surface area (Å²) in [7, 11) is 0. The summed E-state index contributed by atoms with van der Waals surface area (Å²) < 4.78 is 1.37. The van der Waals surface area contributed by atoms with Crippen molar-refractivity contribution in [3.8, 4) is 0 Å². The molecule has 0 aliphatic carbocycles. The minimum absolute atomic E-state index is 0.160. The van der Waals surface area contributed by atoms with Gasteiger partial charge in [-0.05, 0) is 36.4 Å². The van der Waals surface area contributed by atoms with Gasteiger partial charge in [0.25, 0.3) is 0 Å². The molecule has 0 bridgehead atoms. The summed E-state index contributed by atoms with van der Waals surface area (Å²) in [6, 6.07) is 0. The molecular weight excluding hydrogens is 198 g/mol. The standard InChI is InChI=1S/C8H13N5O2/c14-7(15)5-13-8(10-11-12-13)6-1-3-9-4-2-6/h6,9H,1-5H2,(H,14,15). The van der Waals surface area contributed by atoms with Gasteiger partial charge in [-0.2, -0.15) is 0 Å². The van der Waals surface area contributed by atoms with Crippen molar-refractivity contribution in [1.29, 1.82) is 0 Å². The molecule has 2 heterocycles. The maximum Gasteiger partial charge on any atom is 0.325 e. The molecule has 0 amide bonds. The number of piperidine rings is 1. The van der Waals surface area contributed by atoms with E-state index in [1.165, 1.54) is 4.68 Å². The molecule has 0 unspecified atom stereocenters. The van der Waals surface area contributed by atoms with Crippen molar-refractivity contribution in [3.05, 3.63) is 5.82 Å². The highest BCUT2D eigenvalue weighted by Crippen LogP contribution is 2.22. The van der Waals surface area contributed by atoms with Crippen LogP contribution in [-0.4, -0.2) is 44.4 Å². The fraction of sp³-hybridized carbons (Fsp3) is 0.750. The van der Waals surface area contributed by atoms with Crippen LogP contribution in [0, 0.1) is 0 Å². The van der Waals surface area contributed by atoms with Crippen molar-refractivity contribution < 1.29 is 9.90 Å². The average molecular weight is 211 g/mol. The number of tetrazole rings is 1. The SMILES string of the molecule is O=C(O)Cn1nnnc1C1CCNCC1. The molecule has 15 heavy (non-hydrogen) atoms. The van der Waals surface area contributed by atoms with Gasteiger partial charge in [-0.15, -0.1) is 5.10 Å². The molecule has 1 aliphatic rings. The van der Waals surface area contributed by atoms with Crippen LogP contribution in [0.25, 0.3) is 0 Å². The van der Waals surface area contributed by atoms with Gasteiger partial charge in [-0.25, -0.2) is 4.68 Å². The van der Waals surface area contributed by atoms with E-state index in [1.807, 2.05) is 0 Å². The van der Waals surface area contributed by atoms with Crippen LogP contribution in [0.4, 0.5) is 0 Å². The van der Waals surface area contributed by atoms with Gasteiger partial charge >= 0.3 is 5.97 Å². The molecule has 0 spiro atoms. The van der Waals surface area contributed by atoms with Gasteiger partial charge in [0.15, 0.2) is 5.82 Å². The van der Waals surface area contributed by atoms with E-state index < -0.39 is 5.97 Å². The summed E-state index contributed by atoms with van der Waals surface area (Å²) in [5, 5.41) is 23.0. The molecule has 0 radical (unpaired) electrons. The third kappa shape index (κ3) is 2.30. The van der Waals surface area contributed by atoms with E-state index in [4.69, 9.17) is 5.11 Å². The maximum atomic E-state index is 10.6. The summed E-state index contributed by atoms with van der Waals surface area (Å²) in [5.41, 5.74) is 0. The Morgan fingerprint density at radius 1 is 1.53 bits per heavy atom. The molecule has 2 N–H and O–H groups in total. The van der Waals surface area contributed by atoms with Crippen LogP contribution in [0.5, 0.6) is 0 Å². The van der Waals surface area contributed by atoms with Crippen molar-refractivity contribution >= 4 is 5.97 Å². The Bertz CT molecular complexity index is 345. The summed E-state index contributed by atoms with van der Waals surface area (Å²) in [6.07, 6.45) is 1.92. The lowest BCUT2D eigenvalue weighted by Gasteiger charge is -2.21. The lowest BCUT2D eigenvalue weighted by molar-refractivity contribution is -0.138. The first-order valence-corrected chi connectivity index (χ1v) is 4.96. The van der Waals surface area contributed by atoms with Crippen molar-refractivity contribution in [1.82, 2.24) is 25.5 Å². The second kappa shape index (κ2) is 4.35. The highest BCUT2D eigenvalue weighted by Gasteiger charge is 2.22. The Morgan fingerprint density at radius 2 is 2.27 bits per heavy atom. The Hall–Kier alpha value is -1.50. The number of carbonyl (C=O) groups is 1. The minimum Gasteiger partial charge on any atom is -0.480 e. The first-order valence-electron chi connectivity index (χ1n) is 4.96. The number of carboxylic acid groups (broad SMARTS) is 1. The Balaban J connectivity index is 2.12. The van der Waals surface area contributed by atoms with E-state index in [9.17, 15) is 4.79 Å². The number of aromatic nitrogens is 4. The second-order valence-electron chi connectivity index (χ2n) is 3.61. The highest BCUT2D eigenvalue weighted by atomic mass is 16.4. The van der Waals surface area contributed by atoms with Crippen molar-refractivity contribution in [2.24, 2.45) is 0 Å². The van der Waals surface area contributed by atoms with E-state index in [-0.39, 0.29) is 12.5 Å². The molecule has 1 aliphatic heterocycles. The van der Waals surface area contributed by atoms with Gasteiger partial charge in [0.05, 0.1) is 0 Å². The molecule has 1 aromatic heterocycles. The molecule has 0 atom stereocenters. The summed E-state index contributed by atoms with van der Waals surface area (Å²) >= 11 is 0. The van der Waals surface area contributed by atoms with Crippen LogP contribution in [0.2, 0.25) is 0 Å². The molecule has 1 fully saturated rings. The smallest absolute Gasteiger partial charge is 0.325 e. The van der Waals surface area contributed by atoms with Crippen LogP contribution in [-0.2, 0) is 11.3 Å². The molecule has 1 aromatic rings. The zero-order chi connectivity index (χ0) is 10.7. The largest absolute Gasteiger partial charge is 0.480 e. The van der Waals surface area contributed by atoms with E-state index in [2.05, 4.69) is 20.8 Å². The van der Waals surface area contributed by atoms with Gasteiger partial charge in [0, 0.05) is 5.92 Å². The number of carboxylic acids is 1. The van der Waals surface area contributed by atoms with E-state index in [0.29, 0.717) is 5.82 Å². The third-order valence-electron chi connectivity index (χ3n) is 2.55. The van der Waals surface area contributed by atoms with Crippen LogP contribution in [0.1, 0.15) is 24.6 Å². The molecule has 7 heteroatoms. The van der Waals surface area contributed by atoms with Crippen molar-refractivity contribution in [2.75, 3.05) is 13.1 Å². The molecule has 1 saturated heterocycles. The van der Waals surface area contributed by atoms with E-state index in [1.54, 1.807) is 0 Å². The fourth-order valence-corrected chi connectivity index (χ4v) is 1.82. The van der Waals surface area contributed by atoms with Gasteiger partial charge in [0.2, 0.25) is 0 Å². The Labute approximate surface area is 86.5 Å². The zero-order valence-electron chi connectivity index (χ0n) is 8.26. The summed E-state index contributed by atoms with van der Waals surface area (Å²) in [6.45, 7) is 1.71. The fourth-order valence-electron chi connectivity index (χ4n) is 1.82. The van der Waals surface area contributed by atoms with E-state index >= 15 is 0 Å². The molecule has 7 nitrogen and oxygen atoms in total. The Morgan fingerprint density at radius 3 is 2.93 bits per heavy atom. The molecular formula is C8H13N5O2. The number of nitrogens with one attached hydrogen (secondary N) is 1. The quantitative estimate of drug-likeness (QED) is 0.681. The zero-order valence-corrected chi connectivity index (χ0v) is 8.26. The van der Waals surface area contributed by atoms with Gasteiger partial charge in [-0.3, -0.25) is 4.79 Å². The van der Waals surface area contributed by atoms with Crippen LogP contribution in [0.3, 0.4) is 0 Å². The number of aliphatic carboxylic acids is 1. The monoisotopic (exact) mass is 211 g/mol. The number of hydrogen-bond acceptors (Lipinski definition) is 5. The molecule has 2 rings (SSSR count). The number of nitrogens with zero attached hydrogens (tertiary/aromatic N) is 4. The van der Waals surface area contributed by atoms with Crippen LogP contribution in [0.15, 0.2) is 0 Å². The number of rotatable bonds is 3. The third-order valence-corrected chi connectivity index (χ3v) is 2.55. The molecule has 0 saturated carbocycles. The van der Waals surface area contributed by atoms with Gasteiger partial charge in [0.1, 0.15) is 6.54 Å². The predicted molar refractivity (Wildman–Crippen MR) is 50.3 cm³/mol. The summed E-state index contributed by atoms with van der Waals surface area (Å²) in [5.74, 6) is 0.0528. The first-order chi connectivity index (χ1) is 7.27. The van der Waals surface area contributed by atoms with Gasteiger partial charge < -0.3 is 10.4 Å². The van der Waals surface area contributed by atoms with Gasteiger partial charge in [-0.1, -0.05) is 0 Å².